The van der Waals surface area contributed by atoms with Gasteiger partial charge in [0.1, 0.15) is 0 Å². The van der Waals surface area contributed by atoms with Crippen LogP contribution in [0.3, 0.4) is 0 Å². The van der Waals surface area contributed by atoms with Gasteiger partial charge in [-0.05, 0) is 31.5 Å². The molecule has 30 heavy (non-hydrogen) atoms. The lowest BCUT2D eigenvalue weighted by molar-refractivity contribution is -0.384. The fourth-order valence-corrected chi connectivity index (χ4v) is 3.02. The number of ether oxygens (including phenoxy) is 2. The zero-order valence-electron chi connectivity index (χ0n) is 16.5. The molecule has 0 radical (unpaired) electrons. The first-order valence-corrected chi connectivity index (χ1v) is 9.31. The topological polar surface area (TPSA) is 126 Å². The highest BCUT2D eigenvalue weighted by Gasteiger charge is 2.14. The quantitative estimate of drug-likeness (QED) is 0.420. The van der Waals surface area contributed by atoms with E-state index in [1.54, 1.807) is 18.2 Å². The van der Waals surface area contributed by atoms with Gasteiger partial charge < -0.3 is 19.2 Å². The molecule has 0 saturated heterocycles. The van der Waals surface area contributed by atoms with Crippen molar-refractivity contribution in [1.29, 1.82) is 0 Å². The van der Waals surface area contributed by atoms with E-state index in [0.29, 0.717) is 35.7 Å². The van der Waals surface area contributed by atoms with E-state index < -0.39 is 10.7 Å². The van der Waals surface area contributed by atoms with E-state index in [4.69, 9.17) is 13.9 Å². The summed E-state index contributed by atoms with van der Waals surface area (Å²) < 4.78 is 17.1. The van der Waals surface area contributed by atoms with Crippen LogP contribution in [0.1, 0.15) is 19.8 Å². The van der Waals surface area contributed by atoms with Crippen LogP contribution < -0.4 is 20.5 Å². The summed E-state index contributed by atoms with van der Waals surface area (Å²) in [6.07, 6.45) is 0.549. The van der Waals surface area contributed by atoms with Gasteiger partial charge in [0.25, 0.3) is 5.69 Å². The Labute approximate surface area is 171 Å². The van der Waals surface area contributed by atoms with E-state index in [9.17, 15) is 19.7 Å². The van der Waals surface area contributed by atoms with E-state index in [-0.39, 0.29) is 30.1 Å². The molecule has 0 unspecified atom stereocenters. The summed E-state index contributed by atoms with van der Waals surface area (Å²) in [5.41, 5.74) is 0.995. The molecule has 0 saturated carbocycles. The maximum absolute atomic E-state index is 12.3. The van der Waals surface area contributed by atoms with Gasteiger partial charge in [0.05, 0.1) is 30.2 Å². The Hall–Kier alpha value is -3.82. The largest absolute Gasteiger partial charge is 0.493 e. The van der Waals surface area contributed by atoms with E-state index in [1.165, 1.54) is 29.9 Å². The molecule has 0 fully saturated rings. The van der Waals surface area contributed by atoms with Crippen molar-refractivity contribution in [3.63, 3.8) is 0 Å². The number of nitrogens with one attached hydrogen (secondary N) is 1. The molecule has 1 amide bonds. The van der Waals surface area contributed by atoms with Gasteiger partial charge >= 0.3 is 5.76 Å². The summed E-state index contributed by atoms with van der Waals surface area (Å²) in [5.74, 6) is 0.254. The van der Waals surface area contributed by atoms with Crippen LogP contribution >= 0.6 is 0 Å². The molecule has 10 heteroatoms. The average Bonchev–Trinajstić information content (AvgIpc) is 3.03. The van der Waals surface area contributed by atoms with Gasteiger partial charge in [-0.1, -0.05) is 0 Å². The molecule has 10 nitrogen and oxygen atoms in total. The molecule has 1 heterocycles. The second-order valence-corrected chi connectivity index (χ2v) is 6.38. The Bertz CT molecular complexity index is 1130. The minimum absolute atomic E-state index is 0.139. The Morgan fingerprint density at radius 1 is 1.23 bits per heavy atom. The van der Waals surface area contributed by atoms with Crippen LogP contribution in [0.4, 0.5) is 11.4 Å². The second kappa shape index (κ2) is 9.12. The molecule has 2 aromatic carbocycles. The number of aryl methyl sites for hydroxylation is 1. The number of carbonyl (C=O) groups excluding carboxylic acids is 1. The highest BCUT2D eigenvalue weighted by atomic mass is 16.6. The number of hydrogen-bond donors (Lipinski definition) is 1. The first kappa shape index (κ1) is 20.9. The predicted molar refractivity (Wildman–Crippen MR) is 109 cm³/mol. The fourth-order valence-electron chi connectivity index (χ4n) is 3.02. The molecule has 1 N–H and O–H groups in total. The van der Waals surface area contributed by atoms with Crippen LogP contribution in [0.2, 0.25) is 0 Å². The van der Waals surface area contributed by atoms with Crippen LogP contribution in [0, 0.1) is 10.1 Å². The van der Waals surface area contributed by atoms with Crippen molar-refractivity contribution in [3.8, 4) is 11.5 Å². The number of amides is 1. The molecule has 3 rings (SSSR count). The van der Waals surface area contributed by atoms with Crippen molar-refractivity contribution in [2.45, 2.75) is 26.3 Å². The number of fused-ring (bicyclic) bond motifs is 1. The number of nitrogens with zero attached hydrogens (tertiary/aromatic N) is 2. The van der Waals surface area contributed by atoms with Gasteiger partial charge in [-0.25, -0.2) is 4.79 Å². The van der Waals surface area contributed by atoms with Crippen molar-refractivity contribution >= 4 is 28.4 Å². The molecule has 0 spiro atoms. The first-order chi connectivity index (χ1) is 14.4. The lowest BCUT2D eigenvalue weighted by Crippen LogP contribution is -2.17. The zero-order valence-corrected chi connectivity index (χ0v) is 16.5. The third kappa shape index (κ3) is 4.59. The molecule has 0 bridgehead atoms. The van der Waals surface area contributed by atoms with Crippen molar-refractivity contribution in [2.75, 3.05) is 19.0 Å². The summed E-state index contributed by atoms with van der Waals surface area (Å²) in [4.78, 5) is 34.6. The second-order valence-electron chi connectivity index (χ2n) is 6.38. The molecular weight excluding hydrogens is 394 g/mol. The van der Waals surface area contributed by atoms with E-state index in [2.05, 4.69) is 5.32 Å². The van der Waals surface area contributed by atoms with E-state index in [0.717, 1.165) is 0 Å². The predicted octanol–water partition coefficient (Wildman–Crippen LogP) is 3.33. The molecule has 158 valence electrons. The van der Waals surface area contributed by atoms with Gasteiger partial charge in [0.2, 0.25) is 5.91 Å². The van der Waals surface area contributed by atoms with Gasteiger partial charge in [0.15, 0.2) is 17.1 Å². The summed E-state index contributed by atoms with van der Waals surface area (Å²) >= 11 is 0. The molecule has 0 aliphatic carbocycles. The number of aromatic nitrogens is 1. The number of carbonyl (C=O) groups is 1. The third-order valence-corrected chi connectivity index (χ3v) is 4.40. The minimum Gasteiger partial charge on any atom is -0.493 e. The van der Waals surface area contributed by atoms with Crippen molar-refractivity contribution in [1.82, 2.24) is 4.57 Å². The van der Waals surface area contributed by atoms with Crippen LogP contribution in [0.25, 0.3) is 11.1 Å². The molecular formula is C20H21N3O7. The normalized spacial score (nSPS) is 10.7. The van der Waals surface area contributed by atoms with Crippen molar-refractivity contribution in [2.24, 2.45) is 0 Å². The van der Waals surface area contributed by atoms with Crippen LogP contribution in [-0.4, -0.2) is 29.1 Å². The van der Waals surface area contributed by atoms with E-state index in [1.807, 2.05) is 6.92 Å². The molecule has 0 aliphatic heterocycles. The van der Waals surface area contributed by atoms with Gasteiger partial charge in [-0.3, -0.25) is 19.5 Å². The van der Waals surface area contributed by atoms with Crippen LogP contribution in [0.5, 0.6) is 11.5 Å². The Morgan fingerprint density at radius 2 is 2.03 bits per heavy atom. The molecule has 0 aliphatic rings. The number of hydrogen-bond acceptors (Lipinski definition) is 7. The fraction of sp³-hybridized carbons (Fsp3) is 0.300. The Morgan fingerprint density at radius 3 is 2.73 bits per heavy atom. The number of rotatable bonds is 9. The summed E-state index contributed by atoms with van der Waals surface area (Å²) in [5, 5.41) is 13.6. The maximum Gasteiger partial charge on any atom is 0.419 e. The number of anilines is 1. The number of methoxy groups -OCH3 is 1. The number of nitro groups is 1. The number of benzene rings is 2. The maximum atomic E-state index is 12.3. The summed E-state index contributed by atoms with van der Waals surface area (Å²) in [6, 6.07) is 9.08. The van der Waals surface area contributed by atoms with Crippen LogP contribution in [0.15, 0.2) is 45.6 Å². The summed E-state index contributed by atoms with van der Waals surface area (Å²) in [7, 11) is 1.52. The highest BCUT2D eigenvalue weighted by molar-refractivity contribution is 5.91. The zero-order chi connectivity index (χ0) is 21.7. The number of nitro benzene ring substituents is 1. The summed E-state index contributed by atoms with van der Waals surface area (Å²) in [6.45, 7) is 2.60. The van der Waals surface area contributed by atoms with Crippen LogP contribution in [-0.2, 0) is 11.3 Å². The van der Waals surface area contributed by atoms with Crippen molar-refractivity contribution in [3.05, 3.63) is 57.1 Å². The van der Waals surface area contributed by atoms with Gasteiger partial charge in [-0.15, -0.1) is 0 Å². The smallest absolute Gasteiger partial charge is 0.419 e. The Balaban J connectivity index is 1.61. The average molecular weight is 415 g/mol. The number of oxazole rings is 1. The lowest BCUT2D eigenvalue weighted by Gasteiger charge is -2.11. The monoisotopic (exact) mass is 415 g/mol. The van der Waals surface area contributed by atoms with Crippen molar-refractivity contribution < 1.29 is 23.6 Å². The van der Waals surface area contributed by atoms with Gasteiger partial charge in [0, 0.05) is 30.8 Å². The van der Waals surface area contributed by atoms with Gasteiger partial charge in [-0.2, -0.15) is 0 Å². The van der Waals surface area contributed by atoms with E-state index >= 15 is 0 Å². The Kier molecular flexibility index (Phi) is 6.35. The lowest BCUT2D eigenvalue weighted by atomic mass is 10.2. The minimum atomic E-state index is -0.623. The number of non-ortho nitro benzene ring substituents is 1. The standard InChI is InChI=1S/C20H21N3O7/c1-3-29-16-9-6-13(11-18(16)28-2)21-19(24)5-4-10-22-15-8-7-14(23(26)27)12-17(15)30-20(22)25/h6-9,11-12H,3-5,10H2,1-2H3,(H,21,24). The molecule has 1 aromatic heterocycles. The SMILES string of the molecule is CCOc1ccc(NC(=O)CCCn2c(=O)oc3cc([N+](=O)[O-])ccc32)cc1OC. The highest BCUT2D eigenvalue weighted by Crippen LogP contribution is 2.30. The molecule has 0 atom stereocenters. The molecule has 3 aromatic rings. The first-order valence-electron chi connectivity index (χ1n) is 9.31. The third-order valence-electron chi connectivity index (χ3n) is 4.40.